The Balaban J connectivity index is 2.23. The topological polar surface area (TPSA) is 53.1 Å². The van der Waals surface area contributed by atoms with E-state index in [2.05, 4.69) is 4.98 Å². The smallest absolute Gasteiger partial charge is 0.142 e. The third-order valence-electron chi connectivity index (χ3n) is 3.34. The van der Waals surface area contributed by atoms with E-state index in [-0.39, 0.29) is 0 Å². The molecule has 0 aliphatic heterocycles. The summed E-state index contributed by atoms with van der Waals surface area (Å²) in [6.45, 7) is 0. The van der Waals surface area contributed by atoms with Crippen molar-refractivity contribution in [3.8, 4) is 17.1 Å². The monoisotopic (exact) mass is 287 g/mol. The molecule has 0 bridgehead atoms. The highest BCUT2D eigenvalue weighted by molar-refractivity contribution is 6.31. The van der Waals surface area contributed by atoms with Crippen molar-refractivity contribution in [2.75, 3.05) is 12.8 Å². The van der Waals surface area contributed by atoms with Crippen LogP contribution in [0.1, 0.15) is 0 Å². The van der Waals surface area contributed by atoms with Crippen LogP contribution in [-0.2, 0) is 7.05 Å². The largest absolute Gasteiger partial charge is 0.497 e. The minimum absolute atomic E-state index is 0.614. The van der Waals surface area contributed by atoms with Crippen LogP contribution in [-0.4, -0.2) is 16.7 Å². The van der Waals surface area contributed by atoms with Gasteiger partial charge in [-0.1, -0.05) is 11.6 Å². The second kappa shape index (κ2) is 4.72. The van der Waals surface area contributed by atoms with Crippen LogP contribution in [0.4, 0.5) is 5.69 Å². The van der Waals surface area contributed by atoms with Crippen LogP contribution >= 0.6 is 11.6 Å². The second-order valence-electron chi connectivity index (χ2n) is 4.58. The van der Waals surface area contributed by atoms with Crippen molar-refractivity contribution in [1.29, 1.82) is 0 Å². The number of anilines is 1. The van der Waals surface area contributed by atoms with Gasteiger partial charge in [0.1, 0.15) is 11.6 Å². The molecule has 3 rings (SSSR count). The molecule has 2 aromatic carbocycles. The zero-order valence-corrected chi connectivity index (χ0v) is 12.0. The molecular formula is C15H14ClN3O. The molecule has 0 spiro atoms. The Morgan fingerprint density at radius 3 is 2.70 bits per heavy atom. The summed E-state index contributed by atoms with van der Waals surface area (Å²) in [4.78, 5) is 4.64. The zero-order valence-electron chi connectivity index (χ0n) is 11.2. The van der Waals surface area contributed by atoms with Crippen molar-refractivity contribution >= 4 is 28.3 Å². The fourth-order valence-electron chi connectivity index (χ4n) is 2.28. The summed E-state index contributed by atoms with van der Waals surface area (Å²) in [6, 6.07) is 11.2. The average Bonchev–Trinajstić information content (AvgIpc) is 2.75. The quantitative estimate of drug-likeness (QED) is 0.734. The van der Waals surface area contributed by atoms with Crippen LogP contribution in [0.25, 0.3) is 22.4 Å². The lowest BCUT2D eigenvalue weighted by atomic mass is 10.1. The number of rotatable bonds is 2. The van der Waals surface area contributed by atoms with Crippen LogP contribution in [0, 0.1) is 0 Å². The molecule has 0 unspecified atom stereocenters. The maximum absolute atomic E-state index is 6.04. The highest BCUT2D eigenvalue weighted by Crippen LogP contribution is 2.31. The fourth-order valence-corrected chi connectivity index (χ4v) is 2.47. The van der Waals surface area contributed by atoms with Gasteiger partial charge in [-0.05, 0) is 30.3 Å². The Hall–Kier alpha value is -2.20. The number of ether oxygens (including phenoxy) is 1. The molecule has 0 aliphatic carbocycles. The number of nitrogen functional groups attached to an aromatic ring is 1. The predicted octanol–water partition coefficient (Wildman–Crippen LogP) is 3.48. The Morgan fingerprint density at radius 2 is 2.00 bits per heavy atom. The molecule has 0 radical (unpaired) electrons. The van der Waals surface area contributed by atoms with Gasteiger partial charge in [0.2, 0.25) is 0 Å². The van der Waals surface area contributed by atoms with Gasteiger partial charge < -0.3 is 15.0 Å². The van der Waals surface area contributed by atoms with Gasteiger partial charge in [-0.3, -0.25) is 0 Å². The molecular weight excluding hydrogens is 274 g/mol. The first-order chi connectivity index (χ1) is 9.60. The van der Waals surface area contributed by atoms with E-state index in [1.807, 2.05) is 41.9 Å². The maximum atomic E-state index is 6.04. The van der Waals surface area contributed by atoms with Gasteiger partial charge in [0.05, 0.1) is 18.1 Å². The van der Waals surface area contributed by atoms with Crippen molar-refractivity contribution < 1.29 is 4.74 Å². The van der Waals surface area contributed by atoms with Crippen LogP contribution in [0.3, 0.4) is 0 Å². The standard InChI is InChI=1S/C15H14ClN3O/c1-19-14-6-4-10(20-2)8-13(14)18-15(19)11-5-3-9(16)7-12(11)17/h3-8H,17H2,1-2H3. The van der Waals surface area contributed by atoms with Gasteiger partial charge in [-0.2, -0.15) is 0 Å². The van der Waals surface area contributed by atoms with E-state index in [4.69, 9.17) is 22.1 Å². The number of hydrogen-bond donors (Lipinski definition) is 1. The van der Waals surface area contributed by atoms with E-state index in [1.54, 1.807) is 13.2 Å². The maximum Gasteiger partial charge on any atom is 0.142 e. The van der Waals surface area contributed by atoms with Crippen LogP contribution in [0.15, 0.2) is 36.4 Å². The third kappa shape index (κ3) is 1.98. The minimum atomic E-state index is 0.614. The molecule has 0 fully saturated rings. The van der Waals surface area contributed by atoms with Gasteiger partial charge in [0.25, 0.3) is 0 Å². The normalized spacial score (nSPS) is 10.9. The lowest BCUT2D eigenvalue weighted by Gasteiger charge is -2.06. The van der Waals surface area contributed by atoms with Crippen molar-refractivity contribution in [3.63, 3.8) is 0 Å². The van der Waals surface area contributed by atoms with Gasteiger partial charge in [0.15, 0.2) is 0 Å². The van der Waals surface area contributed by atoms with Crippen molar-refractivity contribution in [2.24, 2.45) is 7.05 Å². The Morgan fingerprint density at radius 1 is 1.20 bits per heavy atom. The fraction of sp³-hybridized carbons (Fsp3) is 0.133. The predicted molar refractivity (Wildman–Crippen MR) is 82.1 cm³/mol. The first-order valence-electron chi connectivity index (χ1n) is 6.16. The van der Waals surface area contributed by atoms with Gasteiger partial charge in [0, 0.05) is 29.4 Å². The first kappa shape index (κ1) is 12.8. The third-order valence-corrected chi connectivity index (χ3v) is 3.58. The summed E-state index contributed by atoms with van der Waals surface area (Å²) in [5.41, 5.74) is 9.41. The first-order valence-corrected chi connectivity index (χ1v) is 6.54. The van der Waals surface area contributed by atoms with Crippen molar-refractivity contribution in [2.45, 2.75) is 0 Å². The van der Waals surface area contributed by atoms with Gasteiger partial charge in [-0.15, -0.1) is 0 Å². The molecule has 0 atom stereocenters. The number of halogens is 1. The van der Waals surface area contributed by atoms with Crippen LogP contribution < -0.4 is 10.5 Å². The van der Waals surface area contributed by atoms with Crippen molar-refractivity contribution in [1.82, 2.24) is 9.55 Å². The summed E-state index contributed by atoms with van der Waals surface area (Å²) >= 11 is 5.94. The summed E-state index contributed by atoms with van der Waals surface area (Å²) in [5.74, 6) is 1.59. The molecule has 0 saturated heterocycles. The molecule has 0 amide bonds. The number of imidazole rings is 1. The second-order valence-corrected chi connectivity index (χ2v) is 5.02. The van der Waals surface area contributed by atoms with Gasteiger partial charge >= 0.3 is 0 Å². The van der Waals surface area contributed by atoms with Crippen LogP contribution in [0.5, 0.6) is 5.75 Å². The Kier molecular flexibility index (Phi) is 3.03. The van der Waals surface area contributed by atoms with E-state index >= 15 is 0 Å². The number of aryl methyl sites for hydroxylation is 1. The number of hydrogen-bond acceptors (Lipinski definition) is 3. The van der Waals surface area contributed by atoms with Gasteiger partial charge in [-0.25, -0.2) is 4.98 Å². The lowest BCUT2D eigenvalue weighted by Crippen LogP contribution is -1.96. The molecule has 0 saturated carbocycles. The Labute approximate surface area is 121 Å². The number of aromatic nitrogens is 2. The SMILES string of the molecule is COc1ccc2c(c1)nc(-c1ccc(Cl)cc1N)n2C. The minimum Gasteiger partial charge on any atom is -0.497 e. The molecule has 102 valence electrons. The van der Waals surface area contributed by atoms with E-state index < -0.39 is 0 Å². The molecule has 2 N–H and O–H groups in total. The summed E-state index contributed by atoms with van der Waals surface area (Å²) in [6.07, 6.45) is 0. The number of nitrogens with two attached hydrogens (primary N) is 1. The van der Waals surface area contributed by atoms with E-state index in [1.165, 1.54) is 0 Å². The number of nitrogens with zero attached hydrogens (tertiary/aromatic N) is 2. The zero-order chi connectivity index (χ0) is 14.3. The molecule has 4 nitrogen and oxygen atoms in total. The summed E-state index contributed by atoms with van der Waals surface area (Å²) in [5, 5.41) is 0.617. The number of methoxy groups -OCH3 is 1. The summed E-state index contributed by atoms with van der Waals surface area (Å²) in [7, 11) is 3.60. The highest BCUT2D eigenvalue weighted by Gasteiger charge is 2.13. The number of benzene rings is 2. The Bertz CT molecular complexity index is 795. The van der Waals surface area contributed by atoms with E-state index in [0.29, 0.717) is 10.7 Å². The molecule has 5 heteroatoms. The summed E-state index contributed by atoms with van der Waals surface area (Å²) < 4.78 is 7.23. The number of fused-ring (bicyclic) bond motifs is 1. The lowest BCUT2D eigenvalue weighted by molar-refractivity contribution is 0.415. The van der Waals surface area contributed by atoms with E-state index in [9.17, 15) is 0 Å². The molecule has 1 heterocycles. The molecule has 0 aliphatic rings. The molecule has 20 heavy (non-hydrogen) atoms. The highest BCUT2D eigenvalue weighted by atomic mass is 35.5. The average molecular weight is 288 g/mol. The van der Waals surface area contributed by atoms with E-state index in [0.717, 1.165) is 28.2 Å². The van der Waals surface area contributed by atoms with Crippen LogP contribution in [0.2, 0.25) is 5.02 Å². The van der Waals surface area contributed by atoms with Crippen molar-refractivity contribution in [3.05, 3.63) is 41.4 Å². The molecule has 3 aromatic rings. The molecule has 1 aromatic heterocycles.